The van der Waals surface area contributed by atoms with Crippen LogP contribution < -0.4 is 20.9 Å². The monoisotopic (exact) mass is 382 g/mol. The standard InChI is InChI=1S/C21H23FN4O2/c22-17-5-1-2-6-18(17)25-21(28)24-15-9-10-19(26-11-3-4-12-26)16(13-15)20(27)23-14-7-8-14/h1-2,5-6,9-10,13-14H,3-4,7-8,11-12H2,(H,23,27)(H2,24,25,28). The number of hydrogen-bond acceptors (Lipinski definition) is 3. The van der Waals surface area contributed by atoms with Gasteiger partial charge in [0.1, 0.15) is 5.82 Å². The average molecular weight is 382 g/mol. The average Bonchev–Trinajstić information content (AvgIpc) is 3.32. The lowest BCUT2D eigenvalue weighted by Crippen LogP contribution is -2.29. The molecule has 2 fully saturated rings. The van der Waals surface area contributed by atoms with Crippen LogP contribution in [0.3, 0.4) is 0 Å². The predicted molar refractivity (Wildman–Crippen MR) is 107 cm³/mol. The first kappa shape index (κ1) is 18.3. The van der Waals surface area contributed by atoms with Crippen LogP contribution in [0.15, 0.2) is 42.5 Å². The van der Waals surface area contributed by atoms with Gasteiger partial charge in [0.2, 0.25) is 0 Å². The van der Waals surface area contributed by atoms with Gasteiger partial charge in [-0.1, -0.05) is 12.1 Å². The van der Waals surface area contributed by atoms with Crippen molar-refractivity contribution in [3.8, 4) is 0 Å². The number of anilines is 3. The number of nitrogens with one attached hydrogen (secondary N) is 3. The molecule has 0 atom stereocenters. The van der Waals surface area contributed by atoms with Gasteiger partial charge in [-0.15, -0.1) is 0 Å². The van der Waals surface area contributed by atoms with Gasteiger partial charge in [0.05, 0.1) is 11.3 Å². The molecule has 146 valence electrons. The Balaban J connectivity index is 1.52. The van der Waals surface area contributed by atoms with Gasteiger partial charge in [0, 0.05) is 30.5 Å². The second-order valence-corrected chi connectivity index (χ2v) is 7.23. The molecule has 3 N–H and O–H groups in total. The highest BCUT2D eigenvalue weighted by Gasteiger charge is 2.26. The second-order valence-electron chi connectivity index (χ2n) is 7.23. The molecule has 1 saturated heterocycles. The Morgan fingerprint density at radius 3 is 2.46 bits per heavy atom. The molecule has 1 aliphatic heterocycles. The maximum absolute atomic E-state index is 13.7. The predicted octanol–water partition coefficient (Wildman–Crippen LogP) is 3.96. The molecule has 0 unspecified atom stereocenters. The van der Waals surface area contributed by atoms with E-state index in [0.717, 1.165) is 44.5 Å². The summed E-state index contributed by atoms with van der Waals surface area (Å²) in [6.07, 6.45) is 4.23. The van der Waals surface area contributed by atoms with Crippen LogP contribution in [0.5, 0.6) is 0 Å². The van der Waals surface area contributed by atoms with Crippen molar-refractivity contribution < 1.29 is 14.0 Å². The molecular weight excluding hydrogens is 359 g/mol. The highest BCUT2D eigenvalue weighted by molar-refractivity contribution is 6.04. The van der Waals surface area contributed by atoms with Crippen molar-refractivity contribution in [3.05, 3.63) is 53.8 Å². The Morgan fingerprint density at radius 2 is 1.75 bits per heavy atom. The molecule has 0 aromatic heterocycles. The zero-order valence-electron chi connectivity index (χ0n) is 15.5. The molecule has 4 rings (SSSR count). The summed E-state index contributed by atoms with van der Waals surface area (Å²) in [4.78, 5) is 27.2. The van der Waals surface area contributed by atoms with E-state index in [2.05, 4.69) is 20.9 Å². The summed E-state index contributed by atoms with van der Waals surface area (Å²) in [5, 5.41) is 8.19. The number of rotatable bonds is 5. The third-order valence-electron chi connectivity index (χ3n) is 4.98. The number of amides is 3. The topological polar surface area (TPSA) is 73.5 Å². The Kier molecular flexibility index (Phi) is 5.14. The number of carbonyl (C=O) groups excluding carboxylic acids is 2. The third kappa shape index (κ3) is 4.24. The van der Waals surface area contributed by atoms with Crippen LogP contribution in [0.2, 0.25) is 0 Å². The molecule has 7 heteroatoms. The second kappa shape index (κ2) is 7.88. The van der Waals surface area contributed by atoms with E-state index in [4.69, 9.17) is 0 Å². The van der Waals surface area contributed by atoms with Gasteiger partial charge in [-0.2, -0.15) is 0 Å². The Bertz CT molecular complexity index is 892. The van der Waals surface area contributed by atoms with Crippen molar-refractivity contribution >= 4 is 29.0 Å². The zero-order chi connectivity index (χ0) is 19.5. The fourth-order valence-electron chi connectivity index (χ4n) is 3.37. The molecule has 0 bridgehead atoms. The summed E-state index contributed by atoms with van der Waals surface area (Å²) in [6, 6.07) is 11.0. The molecular formula is C21H23FN4O2. The van der Waals surface area contributed by atoms with Gasteiger partial charge in [-0.05, 0) is 56.0 Å². The van der Waals surface area contributed by atoms with Crippen molar-refractivity contribution in [3.63, 3.8) is 0 Å². The Labute approximate surface area is 163 Å². The van der Waals surface area contributed by atoms with Crippen molar-refractivity contribution in [2.24, 2.45) is 0 Å². The van der Waals surface area contributed by atoms with E-state index in [1.165, 1.54) is 12.1 Å². The quantitative estimate of drug-likeness (QED) is 0.733. The first-order valence-corrected chi connectivity index (χ1v) is 9.62. The summed E-state index contributed by atoms with van der Waals surface area (Å²) in [5.41, 5.74) is 2.02. The first-order chi connectivity index (χ1) is 13.6. The number of carbonyl (C=O) groups is 2. The van der Waals surface area contributed by atoms with Crippen LogP contribution in [0.4, 0.5) is 26.2 Å². The zero-order valence-corrected chi connectivity index (χ0v) is 15.5. The lowest BCUT2D eigenvalue weighted by atomic mass is 10.1. The van der Waals surface area contributed by atoms with Crippen LogP contribution >= 0.6 is 0 Å². The number of benzene rings is 2. The van der Waals surface area contributed by atoms with Crippen molar-refractivity contribution in [1.29, 1.82) is 0 Å². The van der Waals surface area contributed by atoms with E-state index < -0.39 is 11.8 Å². The molecule has 1 aliphatic carbocycles. The largest absolute Gasteiger partial charge is 0.371 e. The molecule has 2 aromatic carbocycles. The maximum atomic E-state index is 13.7. The highest BCUT2D eigenvalue weighted by Crippen LogP contribution is 2.29. The van der Waals surface area contributed by atoms with E-state index in [1.54, 1.807) is 24.3 Å². The van der Waals surface area contributed by atoms with E-state index in [0.29, 0.717) is 11.3 Å². The SMILES string of the molecule is O=C(Nc1ccc(N2CCCC2)c(C(=O)NC2CC2)c1)Nc1ccccc1F. The van der Waals surface area contributed by atoms with Crippen molar-refractivity contribution in [2.75, 3.05) is 28.6 Å². The van der Waals surface area contributed by atoms with Gasteiger partial charge >= 0.3 is 6.03 Å². The van der Waals surface area contributed by atoms with Crippen LogP contribution in [0, 0.1) is 5.82 Å². The fourth-order valence-corrected chi connectivity index (χ4v) is 3.37. The lowest BCUT2D eigenvalue weighted by molar-refractivity contribution is 0.0951. The molecule has 6 nitrogen and oxygen atoms in total. The van der Waals surface area contributed by atoms with E-state index in [1.807, 2.05) is 6.07 Å². The van der Waals surface area contributed by atoms with Crippen LogP contribution in [-0.2, 0) is 0 Å². The molecule has 0 radical (unpaired) electrons. The van der Waals surface area contributed by atoms with E-state index in [-0.39, 0.29) is 17.6 Å². The minimum absolute atomic E-state index is 0.0976. The van der Waals surface area contributed by atoms with Gasteiger partial charge in [-0.25, -0.2) is 9.18 Å². The van der Waals surface area contributed by atoms with Crippen molar-refractivity contribution in [1.82, 2.24) is 5.32 Å². The van der Waals surface area contributed by atoms with Crippen LogP contribution in [-0.4, -0.2) is 31.1 Å². The smallest absolute Gasteiger partial charge is 0.323 e. The van der Waals surface area contributed by atoms with E-state index in [9.17, 15) is 14.0 Å². The molecule has 2 aliphatic rings. The van der Waals surface area contributed by atoms with Gasteiger partial charge in [-0.3, -0.25) is 4.79 Å². The summed E-state index contributed by atoms with van der Waals surface area (Å²) in [5.74, 6) is -0.630. The molecule has 1 saturated carbocycles. The summed E-state index contributed by atoms with van der Waals surface area (Å²) >= 11 is 0. The molecule has 28 heavy (non-hydrogen) atoms. The first-order valence-electron chi connectivity index (χ1n) is 9.62. The third-order valence-corrected chi connectivity index (χ3v) is 4.98. The van der Waals surface area contributed by atoms with E-state index >= 15 is 0 Å². The Hall–Kier alpha value is -3.09. The fraction of sp³-hybridized carbons (Fsp3) is 0.333. The maximum Gasteiger partial charge on any atom is 0.323 e. The number of para-hydroxylation sites is 1. The molecule has 3 amide bonds. The summed E-state index contributed by atoms with van der Waals surface area (Å²) in [7, 11) is 0. The highest BCUT2D eigenvalue weighted by atomic mass is 19.1. The number of halogens is 1. The minimum Gasteiger partial charge on any atom is -0.371 e. The minimum atomic E-state index is -0.562. The van der Waals surface area contributed by atoms with Gasteiger partial charge in [0.25, 0.3) is 5.91 Å². The summed E-state index contributed by atoms with van der Waals surface area (Å²) in [6.45, 7) is 1.84. The molecule has 1 heterocycles. The van der Waals surface area contributed by atoms with Crippen LogP contribution in [0.25, 0.3) is 0 Å². The number of urea groups is 1. The van der Waals surface area contributed by atoms with Crippen LogP contribution in [0.1, 0.15) is 36.0 Å². The number of hydrogen-bond donors (Lipinski definition) is 3. The normalized spacial score (nSPS) is 16.0. The van der Waals surface area contributed by atoms with Gasteiger partial charge < -0.3 is 20.9 Å². The molecule has 0 spiro atoms. The lowest BCUT2D eigenvalue weighted by Gasteiger charge is -2.22. The Morgan fingerprint density at radius 1 is 1.00 bits per heavy atom. The summed E-state index contributed by atoms with van der Waals surface area (Å²) < 4.78 is 13.7. The molecule has 2 aromatic rings. The van der Waals surface area contributed by atoms with Crippen molar-refractivity contribution in [2.45, 2.75) is 31.7 Å². The van der Waals surface area contributed by atoms with Gasteiger partial charge in [0.15, 0.2) is 0 Å². The number of nitrogens with zero attached hydrogens (tertiary/aromatic N) is 1.